The van der Waals surface area contributed by atoms with Crippen LogP contribution in [0.15, 0.2) is 30.5 Å². The molecule has 1 aromatic heterocycles. The van der Waals surface area contributed by atoms with Crippen LogP contribution < -0.4 is 4.74 Å². The largest absolute Gasteiger partial charge is 0.491 e. The molecule has 2 aliphatic heterocycles. The second-order valence-electron chi connectivity index (χ2n) is 7.38. The number of nitrogens with zero attached hydrogens (tertiary/aromatic N) is 4. The van der Waals surface area contributed by atoms with Crippen molar-refractivity contribution in [1.82, 2.24) is 19.6 Å². The van der Waals surface area contributed by atoms with Gasteiger partial charge in [0.2, 0.25) is 0 Å². The molecule has 0 spiro atoms. The maximum absolute atomic E-state index is 13.1. The summed E-state index contributed by atoms with van der Waals surface area (Å²) < 4.78 is 13.0. The van der Waals surface area contributed by atoms with Crippen molar-refractivity contribution in [3.63, 3.8) is 0 Å². The lowest BCUT2D eigenvalue weighted by Crippen LogP contribution is -2.41. The van der Waals surface area contributed by atoms with Gasteiger partial charge in [0.1, 0.15) is 18.1 Å². The second-order valence-corrected chi connectivity index (χ2v) is 7.38. The first-order valence-corrected chi connectivity index (χ1v) is 10.0. The van der Waals surface area contributed by atoms with Gasteiger partial charge in [0, 0.05) is 37.0 Å². The summed E-state index contributed by atoms with van der Waals surface area (Å²) in [7, 11) is 0. The Morgan fingerprint density at radius 3 is 2.69 bits per heavy atom. The van der Waals surface area contributed by atoms with Gasteiger partial charge in [0.15, 0.2) is 0 Å². The van der Waals surface area contributed by atoms with Crippen LogP contribution in [0.2, 0.25) is 0 Å². The van der Waals surface area contributed by atoms with Crippen LogP contribution >= 0.6 is 0 Å². The first-order chi connectivity index (χ1) is 14.1. The summed E-state index contributed by atoms with van der Waals surface area (Å²) in [5.74, 6) is 0.559. The fourth-order valence-corrected chi connectivity index (χ4v) is 3.64. The molecule has 1 aromatic carbocycles. The average molecular weight is 398 g/mol. The topological polar surface area (TPSA) is 76.9 Å². The van der Waals surface area contributed by atoms with Crippen molar-refractivity contribution in [3.05, 3.63) is 47.3 Å². The zero-order valence-electron chi connectivity index (χ0n) is 16.8. The van der Waals surface area contributed by atoms with Crippen LogP contribution in [0.5, 0.6) is 5.75 Å². The maximum Gasteiger partial charge on any atom is 0.275 e. The monoisotopic (exact) mass is 398 g/mol. The van der Waals surface area contributed by atoms with Gasteiger partial charge in [-0.1, -0.05) is 0 Å². The molecule has 1 atom stereocenters. The number of benzene rings is 1. The molecule has 0 bridgehead atoms. The summed E-state index contributed by atoms with van der Waals surface area (Å²) in [5, 5.41) is 4.34. The molecule has 0 N–H and O–H groups in total. The van der Waals surface area contributed by atoms with E-state index in [-0.39, 0.29) is 17.9 Å². The highest BCUT2D eigenvalue weighted by molar-refractivity contribution is 5.95. The minimum atomic E-state index is -0.133. The van der Waals surface area contributed by atoms with E-state index in [0.717, 1.165) is 5.56 Å². The van der Waals surface area contributed by atoms with E-state index < -0.39 is 0 Å². The minimum Gasteiger partial charge on any atom is -0.491 e. The first kappa shape index (κ1) is 19.4. The smallest absolute Gasteiger partial charge is 0.275 e. The molecule has 3 heterocycles. The van der Waals surface area contributed by atoms with Crippen molar-refractivity contribution in [2.75, 3.05) is 32.9 Å². The zero-order valence-corrected chi connectivity index (χ0v) is 16.8. The van der Waals surface area contributed by atoms with Crippen LogP contribution in [0.4, 0.5) is 0 Å². The van der Waals surface area contributed by atoms with E-state index in [9.17, 15) is 9.59 Å². The van der Waals surface area contributed by atoms with Gasteiger partial charge in [-0.3, -0.25) is 14.3 Å². The van der Waals surface area contributed by atoms with Gasteiger partial charge in [-0.15, -0.1) is 0 Å². The third-order valence-electron chi connectivity index (χ3n) is 5.40. The highest BCUT2D eigenvalue weighted by Gasteiger charge is 2.29. The molecule has 2 aliphatic rings. The van der Waals surface area contributed by atoms with Crippen molar-refractivity contribution >= 4 is 11.8 Å². The van der Waals surface area contributed by atoms with Gasteiger partial charge in [0.25, 0.3) is 11.8 Å². The number of amides is 2. The molecule has 8 heteroatoms. The fourth-order valence-electron chi connectivity index (χ4n) is 3.64. The summed E-state index contributed by atoms with van der Waals surface area (Å²) in [5.41, 5.74) is 1.85. The number of hydrogen-bond acceptors (Lipinski definition) is 5. The summed E-state index contributed by atoms with van der Waals surface area (Å²) >= 11 is 0. The van der Waals surface area contributed by atoms with E-state index in [0.29, 0.717) is 63.0 Å². The molecule has 0 unspecified atom stereocenters. The number of morpholine rings is 1. The van der Waals surface area contributed by atoms with E-state index in [1.54, 1.807) is 32.8 Å². The molecule has 29 heavy (non-hydrogen) atoms. The molecule has 0 aliphatic carbocycles. The molecular weight excluding hydrogens is 372 g/mol. The van der Waals surface area contributed by atoms with E-state index in [1.807, 2.05) is 26.0 Å². The van der Waals surface area contributed by atoms with Crippen LogP contribution in [0.1, 0.15) is 40.3 Å². The first-order valence-electron chi connectivity index (χ1n) is 10.0. The number of aromatic nitrogens is 2. The predicted octanol–water partition coefficient (Wildman–Crippen LogP) is 1.80. The molecule has 4 rings (SSSR count). The van der Waals surface area contributed by atoms with E-state index in [4.69, 9.17) is 9.47 Å². The number of carbonyl (C=O) groups excluding carboxylic acids is 2. The lowest BCUT2D eigenvalue weighted by molar-refractivity contribution is 0.0303. The molecule has 0 saturated carbocycles. The van der Waals surface area contributed by atoms with Crippen molar-refractivity contribution in [2.45, 2.75) is 33.0 Å². The van der Waals surface area contributed by atoms with Crippen molar-refractivity contribution in [1.29, 1.82) is 0 Å². The summed E-state index contributed by atoms with van der Waals surface area (Å²) in [6, 6.07) is 7.09. The van der Waals surface area contributed by atoms with E-state index in [2.05, 4.69) is 5.10 Å². The van der Waals surface area contributed by atoms with Crippen LogP contribution in [0, 0.1) is 0 Å². The molecule has 1 saturated heterocycles. The fraction of sp³-hybridized carbons (Fsp3) is 0.476. The van der Waals surface area contributed by atoms with Crippen LogP contribution in [-0.2, 0) is 17.8 Å². The van der Waals surface area contributed by atoms with Gasteiger partial charge >= 0.3 is 0 Å². The lowest BCUT2D eigenvalue weighted by atomic mass is 10.1. The van der Waals surface area contributed by atoms with Crippen molar-refractivity contribution < 1.29 is 19.1 Å². The maximum atomic E-state index is 13.1. The van der Waals surface area contributed by atoms with Gasteiger partial charge < -0.3 is 19.3 Å². The normalized spacial score (nSPS) is 19.3. The van der Waals surface area contributed by atoms with Gasteiger partial charge in [-0.25, -0.2) is 0 Å². The van der Waals surface area contributed by atoms with Crippen LogP contribution in [0.3, 0.4) is 0 Å². The van der Waals surface area contributed by atoms with Crippen molar-refractivity contribution in [2.24, 2.45) is 0 Å². The number of fused-ring (bicyclic) bond motifs is 1. The zero-order chi connectivity index (χ0) is 20.4. The average Bonchev–Trinajstić information content (AvgIpc) is 3.18. The third kappa shape index (κ3) is 3.98. The Bertz CT molecular complexity index is 904. The van der Waals surface area contributed by atoms with Crippen LogP contribution in [-0.4, -0.2) is 70.3 Å². The summed E-state index contributed by atoms with van der Waals surface area (Å²) in [4.78, 5) is 29.5. The Morgan fingerprint density at radius 2 is 1.97 bits per heavy atom. The molecule has 2 amide bonds. The Morgan fingerprint density at radius 1 is 1.17 bits per heavy atom. The highest BCUT2D eigenvalue weighted by atomic mass is 16.5. The molecule has 2 aromatic rings. The lowest BCUT2D eigenvalue weighted by Gasteiger charge is -2.27. The standard InChI is InChI=1S/C21H26N4O4/c1-3-24-7-6-18(22-24)21(27)25-13-17-12-16(4-5-19(17)29-14-15(25)2)20(26)23-8-10-28-11-9-23/h4-7,12,15H,3,8-11,13-14H2,1-2H3/t15-/m0/s1. The second kappa shape index (κ2) is 8.24. The van der Waals surface area contributed by atoms with E-state index >= 15 is 0 Å². The SMILES string of the molecule is CCn1ccc(C(=O)N2Cc3cc(C(=O)N4CCOCC4)ccc3OC[C@@H]2C)n1. The van der Waals surface area contributed by atoms with Crippen LogP contribution in [0.25, 0.3) is 0 Å². The summed E-state index contributed by atoms with van der Waals surface area (Å²) in [6.45, 7) is 7.72. The molecule has 1 fully saturated rings. The Labute approximate surface area is 170 Å². The Kier molecular flexibility index (Phi) is 5.53. The van der Waals surface area contributed by atoms with E-state index in [1.165, 1.54) is 0 Å². The number of ether oxygens (including phenoxy) is 2. The predicted molar refractivity (Wildman–Crippen MR) is 106 cm³/mol. The van der Waals surface area contributed by atoms with Gasteiger partial charge in [-0.2, -0.15) is 5.10 Å². The molecule has 0 radical (unpaired) electrons. The third-order valence-corrected chi connectivity index (χ3v) is 5.40. The number of rotatable bonds is 3. The molecular formula is C21H26N4O4. The summed E-state index contributed by atoms with van der Waals surface area (Å²) in [6.07, 6.45) is 1.80. The number of aryl methyl sites for hydroxylation is 1. The van der Waals surface area contributed by atoms with Crippen molar-refractivity contribution in [3.8, 4) is 5.75 Å². The number of hydrogen-bond donors (Lipinski definition) is 0. The minimum absolute atomic E-state index is 0.0204. The highest BCUT2D eigenvalue weighted by Crippen LogP contribution is 2.27. The Balaban J connectivity index is 1.58. The quantitative estimate of drug-likeness (QED) is 0.788. The van der Waals surface area contributed by atoms with Gasteiger partial charge in [0.05, 0.1) is 25.8 Å². The molecule has 154 valence electrons. The Hall–Kier alpha value is -2.87. The number of carbonyl (C=O) groups is 2. The van der Waals surface area contributed by atoms with Gasteiger partial charge in [-0.05, 0) is 38.1 Å². The molecule has 8 nitrogen and oxygen atoms in total.